The van der Waals surface area contributed by atoms with Crippen LogP contribution in [0.3, 0.4) is 0 Å². The minimum atomic E-state index is -0.190. The van der Waals surface area contributed by atoms with Crippen LogP contribution in [0.1, 0.15) is 43.7 Å². The van der Waals surface area contributed by atoms with Crippen LogP contribution in [0.5, 0.6) is 0 Å². The second kappa shape index (κ2) is 7.24. The van der Waals surface area contributed by atoms with Crippen LogP contribution in [0.25, 0.3) is 0 Å². The van der Waals surface area contributed by atoms with Crippen LogP contribution in [0.4, 0.5) is 5.69 Å². The molecule has 1 saturated carbocycles. The van der Waals surface area contributed by atoms with E-state index in [4.69, 9.17) is 4.74 Å². The van der Waals surface area contributed by atoms with E-state index >= 15 is 0 Å². The van der Waals surface area contributed by atoms with Gasteiger partial charge in [-0.1, -0.05) is 17.7 Å². The van der Waals surface area contributed by atoms with E-state index in [1.165, 1.54) is 11.1 Å². The molecule has 5 heteroatoms. The molecule has 0 aromatic heterocycles. The zero-order valence-corrected chi connectivity index (χ0v) is 14.4. The predicted molar refractivity (Wildman–Crippen MR) is 92.8 cm³/mol. The Bertz CT molecular complexity index is 621. The van der Waals surface area contributed by atoms with Crippen molar-refractivity contribution in [3.63, 3.8) is 0 Å². The third-order valence-electron chi connectivity index (χ3n) is 5.02. The first-order valence-corrected chi connectivity index (χ1v) is 8.90. The van der Waals surface area contributed by atoms with Crippen LogP contribution in [0, 0.1) is 12.8 Å². The summed E-state index contributed by atoms with van der Waals surface area (Å²) in [5.74, 6) is -0.0380. The summed E-state index contributed by atoms with van der Waals surface area (Å²) < 4.78 is 5.09. The first kappa shape index (κ1) is 16.8. The van der Waals surface area contributed by atoms with Gasteiger partial charge in [-0.3, -0.25) is 9.59 Å². The monoisotopic (exact) mass is 330 g/mol. The number of rotatable bonds is 4. The van der Waals surface area contributed by atoms with Crippen molar-refractivity contribution in [3.05, 3.63) is 29.3 Å². The molecule has 1 atom stereocenters. The van der Waals surface area contributed by atoms with Gasteiger partial charge >= 0.3 is 5.97 Å². The third kappa shape index (κ3) is 3.71. The number of anilines is 1. The molecule has 1 amide bonds. The van der Waals surface area contributed by atoms with Crippen LogP contribution in [-0.2, 0) is 20.7 Å². The maximum absolute atomic E-state index is 12.5. The van der Waals surface area contributed by atoms with Gasteiger partial charge in [0, 0.05) is 18.2 Å². The number of aryl methyl sites for hydroxylation is 1. The third-order valence-corrected chi connectivity index (χ3v) is 5.02. The molecule has 2 N–H and O–H groups in total. The minimum absolute atomic E-state index is 0.00469. The molecule has 1 fully saturated rings. The van der Waals surface area contributed by atoms with E-state index in [2.05, 4.69) is 29.7 Å². The highest BCUT2D eigenvalue weighted by atomic mass is 16.5. The highest BCUT2D eigenvalue weighted by Gasteiger charge is 2.31. The lowest BCUT2D eigenvalue weighted by molar-refractivity contribution is -0.149. The maximum Gasteiger partial charge on any atom is 0.308 e. The van der Waals surface area contributed by atoms with Gasteiger partial charge in [0.15, 0.2) is 0 Å². The zero-order valence-electron chi connectivity index (χ0n) is 14.4. The largest absolute Gasteiger partial charge is 0.466 e. The molecule has 3 rings (SSSR count). The van der Waals surface area contributed by atoms with E-state index in [0.717, 1.165) is 37.8 Å². The van der Waals surface area contributed by atoms with Crippen molar-refractivity contribution in [1.82, 2.24) is 5.32 Å². The van der Waals surface area contributed by atoms with Crippen molar-refractivity contribution in [2.24, 2.45) is 5.92 Å². The molecule has 0 saturated heterocycles. The summed E-state index contributed by atoms with van der Waals surface area (Å²) in [6.07, 6.45) is 4.01. The number of esters is 1. The van der Waals surface area contributed by atoms with Crippen LogP contribution in [0.2, 0.25) is 0 Å². The van der Waals surface area contributed by atoms with Gasteiger partial charge in [0.25, 0.3) is 0 Å². The number of nitrogens with one attached hydrogen (secondary N) is 2. The smallest absolute Gasteiger partial charge is 0.308 e. The van der Waals surface area contributed by atoms with Gasteiger partial charge in [-0.2, -0.15) is 0 Å². The lowest BCUT2D eigenvalue weighted by Gasteiger charge is -2.28. The molecule has 1 aromatic rings. The zero-order chi connectivity index (χ0) is 17.1. The molecule has 5 nitrogen and oxygen atoms in total. The summed E-state index contributed by atoms with van der Waals surface area (Å²) in [4.78, 5) is 24.3. The molecule has 1 aromatic carbocycles. The van der Waals surface area contributed by atoms with Gasteiger partial charge in [0.05, 0.1) is 12.5 Å². The van der Waals surface area contributed by atoms with E-state index in [1.807, 2.05) is 13.0 Å². The molecule has 24 heavy (non-hydrogen) atoms. The van der Waals surface area contributed by atoms with Crippen molar-refractivity contribution < 1.29 is 14.3 Å². The van der Waals surface area contributed by atoms with Gasteiger partial charge in [0.1, 0.15) is 6.04 Å². The number of carbonyl (C=O) groups excluding carboxylic acids is 2. The molecule has 1 aliphatic carbocycles. The van der Waals surface area contributed by atoms with Crippen molar-refractivity contribution in [3.8, 4) is 0 Å². The molecule has 130 valence electrons. The molecular weight excluding hydrogens is 304 g/mol. The van der Waals surface area contributed by atoms with Crippen molar-refractivity contribution in [2.45, 2.75) is 58.0 Å². The quantitative estimate of drug-likeness (QED) is 0.833. The highest BCUT2D eigenvalue weighted by molar-refractivity contribution is 5.87. The molecular formula is C19H26N2O3. The standard InChI is InChI=1S/C19H26N2O3/c1-3-24-19(23)13-5-7-15(8-6-13)20-18(22)17-11-14-10-12(2)4-9-16(14)21-17/h4,9-10,13,15,17,21H,3,5-8,11H2,1-2H3,(H,20,22). The first-order chi connectivity index (χ1) is 11.6. The topological polar surface area (TPSA) is 67.4 Å². The highest BCUT2D eigenvalue weighted by Crippen LogP contribution is 2.28. The average Bonchev–Trinajstić information content (AvgIpc) is 2.99. The van der Waals surface area contributed by atoms with Crippen molar-refractivity contribution >= 4 is 17.6 Å². The second-order valence-electron chi connectivity index (χ2n) is 6.87. The second-order valence-corrected chi connectivity index (χ2v) is 6.87. The predicted octanol–water partition coefficient (Wildman–Crippen LogP) is 2.57. The normalized spacial score (nSPS) is 25.5. The van der Waals surface area contributed by atoms with Crippen molar-refractivity contribution in [1.29, 1.82) is 0 Å². The minimum Gasteiger partial charge on any atom is -0.466 e. The van der Waals surface area contributed by atoms with Gasteiger partial charge < -0.3 is 15.4 Å². The lowest BCUT2D eigenvalue weighted by atomic mass is 9.86. The number of carbonyl (C=O) groups is 2. The number of fused-ring (bicyclic) bond motifs is 1. The van der Waals surface area contributed by atoms with E-state index in [-0.39, 0.29) is 29.9 Å². The van der Waals surface area contributed by atoms with E-state index < -0.39 is 0 Å². The number of hydrogen-bond donors (Lipinski definition) is 2. The Morgan fingerprint density at radius 2 is 2.00 bits per heavy atom. The summed E-state index contributed by atoms with van der Waals surface area (Å²) in [5, 5.41) is 6.46. The molecule has 0 radical (unpaired) electrons. The van der Waals surface area contributed by atoms with Gasteiger partial charge in [-0.25, -0.2) is 0 Å². The Balaban J connectivity index is 1.48. The van der Waals surface area contributed by atoms with Crippen molar-refractivity contribution in [2.75, 3.05) is 11.9 Å². The summed E-state index contributed by atoms with van der Waals surface area (Å²) in [6.45, 7) is 4.33. The summed E-state index contributed by atoms with van der Waals surface area (Å²) >= 11 is 0. The average molecular weight is 330 g/mol. The van der Waals surface area contributed by atoms with Crippen LogP contribution >= 0.6 is 0 Å². The summed E-state index contributed by atoms with van der Waals surface area (Å²) in [6, 6.07) is 6.21. The Hall–Kier alpha value is -2.04. The van der Waals surface area contributed by atoms with E-state index in [1.54, 1.807) is 0 Å². The Morgan fingerprint density at radius 1 is 1.25 bits per heavy atom. The molecule has 0 bridgehead atoms. The number of amides is 1. The number of hydrogen-bond acceptors (Lipinski definition) is 4. The van der Waals surface area contributed by atoms with Crippen LogP contribution in [-0.4, -0.2) is 30.6 Å². The SMILES string of the molecule is CCOC(=O)C1CCC(NC(=O)C2Cc3cc(C)ccc3N2)CC1. The fraction of sp³-hybridized carbons (Fsp3) is 0.579. The summed E-state index contributed by atoms with van der Waals surface area (Å²) in [5.41, 5.74) is 3.49. The molecule has 2 aliphatic rings. The van der Waals surface area contributed by atoms with E-state index in [9.17, 15) is 9.59 Å². The molecule has 1 unspecified atom stereocenters. The maximum atomic E-state index is 12.5. The van der Waals surface area contributed by atoms with Crippen LogP contribution < -0.4 is 10.6 Å². The lowest BCUT2D eigenvalue weighted by Crippen LogP contribution is -2.45. The summed E-state index contributed by atoms with van der Waals surface area (Å²) in [7, 11) is 0. The Kier molecular flexibility index (Phi) is 5.07. The fourth-order valence-corrected chi connectivity index (χ4v) is 3.68. The fourth-order valence-electron chi connectivity index (χ4n) is 3.68. The van der Waals surface area contributed by atoms with Gasteiger partial charge in [0.2, 0.25) is 5.91 Å². The van der Waals surface area contributed by atoms with Crippen LogP contribution in [0.15, 0.2) is 18.2 Å². The number of benzene rings is 1. The van der Waals surface area contributed by atoms with Gasteiger partial charge in [-0.15, -0.1) is 0 Å². The molecule has 0 spiro atoms. The first-order valence-electron chi connectivity index (χ1n) is 8.90. The molecule has 1 aliphatic heterocycles. The molecule has 1 heterocycles. The Morgan fingerprint density at radius 3 is 2.71 bits per heavy atom. The number of ether oxygens (including phenoxy) is 1. The van der Waals surface area contributed by atoms with E-state index in [0.29, 0.717) is 6.61 Å². The van der Waals surface area contributed by atoms with Gasteiger partial charge in [-0.05, 0) is 51.2 Å². The Labute approximate surface area is 143 Å².